The molecule has 0 bridgehead atoms. The van der Waals surface area contributed by atoms with E-state index in [4.69, 9.17) is 5.11 Å². The van der Waals surface area contributed by atoms with Crippen LogP contribution >= 0.6 is 0 Å². The van der Waals surface area contributed by atoms with Gasteiger partial charge in [0.25, 0.3) is 0 Å². The molecule has 1 aliphatic carbocycles. The van der Waals surface area contributed by atoms with Crippen molar-refractivity contribution in [2.24, 2.45) is 0 Å². The third kappa shape index (κ3) is 3.81. The van der Waals surface area contributed by atoms with Crippen molar-refractivity contribution in [1.82, 2.24) is 4.90 Å². The zero-order valence-corrected chi connectivity index (χ0v) is 9.50. The van der Waals surface area contributed by atoms with Crippen LogP contribution in [0.3, 0.4) is 0 Å². The molecule has 1 fully saturated rings. The minimum atomic E-state index is 0.318. The normalized spacial score (nSPS) is 16.9. The topological polar surface area (TPSA) is 23.5 Å². The third-order valence-corrected chi connectivity index (χ3v) is 2.93. The van der Waals surface area contributed by atoms with E-state index < -0.39 is 0 Å². The quantitative estimate of drug-likeness (QED) is 0.660. The number of aliphatic hydroxyl groups excluding tert-OH is 1. The first-order valence-corrected chi connectivity index (χ1v) is 5.72. The minimum Gasteiger partial charge on any atom is -0.396 e. The predicted molar refractivity (Wildman–Crippen MR) is 60.3 cm³/mol. The third-order valence-electron chi connectivity index (χ3n) is 2.93. The van der Waals surface area contributed by atoms with Gasteiger partial charge in [-0.1, -0.05) is 18.1 Å². The summed E-state index contributed by atoms with van der Waals surface area (Å²) >= 11 is 0. The van der Waals surface area contributed by atoms with Gasteiger partial charge in [-0.25, -0.2) is 0 Å². The number of allylic oxidation sites excluding steroid dienone is 1. The Kier molecular flexibility index (Phi) is 5.20. The van der Waals surface area contributed by atoms with Crippen LogP contribution in [0.25, 0.3) is 0 Å². The molecule has 0 amide bonds. The predicted octanol–water partition coefficient (Wildman–Crippen LogP) is 2.19. The van der Waals surface area contributed by atoms with Crippen LogP contribution in [0.5, 0.6) is 0 Å². The highest BCUT2D eigenvalue weighted by Crippen LogP contribution is 2.24. The van der Waals surface area contributed by atoms with E-state index in [1.54, 1.807) is 0 Å². The maximum absolute atomic E-state index is 8.82. The molecule has 0 saturated heterocycles. The van der Waals surface area contributed by atoms with Crippen molar-refractivity contribution in [1.29, 1.82) is 0 Å². The van der Waals surface area contributed by atoms with E-state index in [2.05, 4.69) is 24.8 Å². The van der Waals surface area contributed by atoms with Gasteiger partial charge in [0.05, 0.1) is 0 Å². The van der Waals surface area contributed by atoms with Crippen molar-refractivity contribution in [2.45, 2.75) is 45.6 Å². The number of aliphatic hydroxyl groups is 1. The maximum Gasteiger partial charge on any atom is 0.0443 e. The molecule has 0 aromatic carbocycles. The molecule has 2 nitrogen and oxygen atoms in total. The molecule has 1 aliphatic rings. The number of hydrogen-bond donors (Lipinski definition) is 1. The van der Waals surface area contributed by atoms with E-state index in [0.29, 0.717) is 6.61 Å². The van der Waals surface area contributed by atoms with Crippen LogP contribution in [0.15, 0.2) is 11.6 Å². The van der Waals surface area contributed by atoms with E-state index in [0.717, 1.165) is 25.6 Å². The van der Waals surface area contributed by atoms with Crippen molar-refractivity contribution < 1.29 is 5.11 Å². The van der Waals surface area contributed by atoms with Crippen LogP contribution in [0.1, 0.15) is 39.5 Å². The van der Waals surface area contributed by atoms with Crippen molar-refractivity contribution >= 4 is 0 Å². The molecule has 0 aliphatic heterocycles. The fourth-order valence-electron chi connectivity index (χ4n) is 1.75. The lowest BCUT2D eigenvalue weighted by molar-refractivity contribution is 0.130. The SMILES string of the molecule is CC(C)=CCN(CCCO)C1CCC1. The molecule has 0 aromatic heterocycles. The highest BCUT2D eigenvalue weighted by Gasteiger charge is 2.23. The molecule has 0 aromatic rings. The van der Waals surface area contributed by atoms with Gasteiger partial charge in [-0.2, -0.15) is 0 Å². The Balaban J connectivity index is 2.31. The van der Waals surface area contributed by atoms with Gasteiger partial charge < -0.3 is 5.11 Å². The second kappa shape index (κ2) is 6.20. The summed E-state index contributed by atoms with van der Waals surface area (Å²) < 4.78 is 0. The van der Waals surface area contributed by atoms with Crippen molar-refractivity contribution in [3.63, 3.8) is 0 Å². The average molecular weight is 197 g/mol. The Bertz CT molecular complexity index is 181. The average Bonchev–Trinajstić information content (AvgIpc) is 2.06. The van der Waals surface area contributed by atoms with Gasteiger partial charge >= 0.3 is 0 Å². The Labute approximate surface area is 87.6 Å². The Morgan fingerprint density at radius 3 is 2.57 bits per heavy atom. The standard InChI is InChI=1S/C12H23NO/c1-11(2)7-9-13(8-4-10-14)12-5-3-6-12/h7,12,14H,3-6,8-10H2,1-2H3. The first-order valence-electron chi connectivity index (χ1n) is 5.72. The molecule has 14 heavy (non-hydrogen) atoms. The molecular weight excluding hydrogens is 174 g/mol. The number of rotatable bonds is 6. The summed E-state index contributed by atoms with van der Waals surface area (Å²) in [6.45, 7) is 6.71. The lowest BCUT2D eigenvalue weighted by Crippen LogP contribution is -2.41. The molecule has 0 heterocycles. The van der Waals surface area contributed by atoms with Crippen LogP contribution < -0.4 is 0 Å². The van der Waals surface area contributed by atoms with Crippen molar-refractivity contribution in [2.75, 3.05) is 19.7 Å². The van der Waals surface area contributed by atoms with Gasteiger partial charge in [-0.05, 0) is 33.1 Å². The summed E-state index contributed by atoms with van der Waals surface area (Å²) in [5.41, 5.74) is 1.39. The van der Waals surface area contributed by atoms with Gasteiger partial charge in [-0.3, -0.25) is 4.90 Å². The Morgan fingerprint density at radius 1 is 1.43 bits per heavy atom. The minimum absolute atomic E-state index is 0.318. The van der Waals surface area contributed by atoms with Gasteiger partial charge in [0.15, 0.2) is 0 Å². The van der Waals surface area contributed by atoms with E-state index >= 15 is 0 Å². The molecule has 82 valence electrons. The first-order chi connectivity index (χ1) is 6.74. The zero-order valence-electron chi connectivity index (χ0n) is 9.50. The maximum atomic E-state index is 8.82. The number of nitrogens with zero attached hydrogens (tertiary/aromatic N) is 1. The molecular formula is C12H23NO. The van der Waals surface area contributed by atoms with Gasteiger partial charge in [-0.15, -0.1) is 0 Å². The van der Waals surface area contributed by atoms with E-state index in [-0.39, 0.29) is 0 Å². The molecule has 0 radical (unpaired) electrons. The van der Waals surface area contributed by atoms with Gasteiger partial charge in [0, 0.05) is 25.7 Å². The summed E-state index contributed by atoms with van der Waals surface area (Å²) in [5, 5.41) is 8.82. The van der Waals surface area contributed by atoms with Crippen LogP contribution in [-0.4, -0.2) is 35.7 Å². The van der Waals surface area contributed by atoms with E-state index in [1.807, 2.05) is 0 Å². The Morgan fingerprint density at radius 2 is 2.14 bits per heavy atom. The zero-order chi connectivity index (χ0) is 10.4. The molecule has 1 saturated carbocycles. The largest absolute Gasteiger partial charge is 0.396 e. The lowest BCUT2D eigenvalue weighted by Gasteiger charge is -2.37. The molecule has 0 unspecified atom stereocenters. The first kappa shape index (κ1) is 11.7. The number of hydrogen-bond acceptors (Lipinski definition) is 2. The van der Waals surface area contributed by atoms with Crippen LogP contribution in [-0.2, 0) is 0 Å². The molecule has 1 rings (SSSR count). The highest BCUT2D eigenvalue weighted by atomic mass is 16.3. The van der Waals surface area contributed by atoms with Crippen LogP contribution in [0.2, 0.25) is 0 Å². The van der Waals surface area contributed by atoms with Crippen molar-refractivity contribution in [3.8, 4) is 0 Å². The fourth-order valence-corrected chi connectivity index (χ4v) is 1.75. The van der Waals surface area contributed by atoms with Gasteiger partial charge in [0.1, 0.15) is 0 Å². The molecule has 0 atom stereocenters. The van der Waals surface area contributed by atoms with E-state index in [9.17, 15) is 0 Å². The summed E-state index contributed by atoms with van der Waals surface area (Å²) in [5.74, 6) is 0. The second-order valence-corrected chi connectivity index (χ2v) is 4.44. The molecule has 0 spiro atoms. The fraction of sp³-hybridized carbons (Fsp3) is 0.833. The van der Waals surface area contributed by atoms with E-state index in [1.165, 1.54) is 24.8 Å². The van der Waals surface area contributed by atoms with Gasteiger partial charge in [0.2, 0.25) is 0 Å². The highest BCUT2D eigenvalue weighted by molar-refractivity contribution is 4.96. The monoisotopic (exact) mass is 197 g/mol. The summed E-state index contributed by atoms with van der Waals surface area (Å²) in [7, 11) is 0. The van der Waals surface area contributed by atoms with Crippen LogP contribution in [0, 0.1) is 0 Å². The summed E-state index contributed by atoms with van der Waals surface area (Å²) in [4.78, 5) is 2.51. The molecule has 2 heteroatoms. The smallest absolute Gasteiger partial charge is 0.0443 e. The Hall–Kier alpha value is -0.340. The molecule has 1 N–H and O–H groups in total. The summed E-state index contributed by atoms with van der Waals surface area (Å²) in [6.07, 6.45) is 7.28. The summed E-state index contributed by atoms with van der Waals surface area (Å²) in [6, 6.07) is 0.789. The van der Waals surface area contributed by atoms with Crippen LogP contribution in [0.4, 0.5) is 0 Å². The lowest BCUT2D eigenvalue weighted by atomic mass is 9.91. The second-order valence-electron chi connectivity index (χ2n) is 4.44. The van der Waals surface area contributed by atoms with Crippen molar-refractivity contribution in [3.05, 3.63) is 11.6 Å².